The van der Waals surface area contributed by atoms with E-state index in [1.165, 1.54) is 38.0 Å². The van der Waals surface area contributed by atoms with Gasteiger partial charge in [-0.15, -0.1) is 0 Å². The summed E-state index contributed by atoms with van der Waals surface area (Å²) in [6.07, 6.45) is 4.08. The van der Waals surface area contributed by atoms with Crippen LogP contribution in [0, 0.1) is 12.8 Å². The molecule has 3 heteroatoms. The molecule has 104 valence electrons. The van der Waals surface area contributed by atoms with E-state index >= 15 is 0 Å². The zero-order valence-electron chi connectivity index (χ0n) is 12.1. The van der Waals surface area contributed by atoms with Crippen LogP contribution in [0.3, 0.4) is 0 Å². The van der Waals surface area contributed by atoms with Gasteiger partial charge in [0.25, 0.3) is 0 Å². The fourth-order valence-electron chi connectivity index (χ4n) is 3.09. The van der Waals surface area contributed by atoms with E-state index in [2.05, 4.69) is 47.2 Å². The summed E-state index contributed by atoms with van der Waals surface area (Å²) < 4.78 is 0. The van der Waals surface area contributed by atoms with Gasteiger partial charge in [-0.1, -0.05) is 6.07 Å². The molecule has 1 saturated heterocycles. The number of aryl methyl sites for hydroxylation is 1. The van der Waals surface area contributed by atoms with E-state index < -0.39 is 0 Å². The maximum absolute atomic E-state index is 4.66. The third kappa shape index (κ3) is 3.34. The Kier molecular flexibility index (Phi) is 3.85. The molecular formula is C16H25N3. The molecule has 0 radical (unpaired) electrons. The quantitative estimate of drug-likeness (QED) is 0.903. The summed E-state index contributed by atoms with van der Waals surface area (Å²) in [7, 11) is 0. The van der Waals surface area contributed by atoms with E-state index in [-0.39, 0.29) is 0 Å². The number of rotatable bonds is 3. The first-order valence-electron chi connectivity index (χ1n) is 7.62. The van der Waals surface area contributed by atoms with E-state index in [0.29, 0.717) is 12.1 Å². The van der Waals surface area contributed by atoms with Gasteiger partial charge in [-0.3, -0.25) is 9.88 Å². The van der Waals surface area contributed by atoms with Gasteiger partial charge in [-0.25, -0.2) is 0 Å². The monoisotopic (exact) mass is 259 g/mol. The third-order valence-electron chi connectivity index (χ3n) is 4.53. The Labute approximate surface area is 116 Å². The Morgan fingerprint density at radius 2 is 2.16 bits per heavy atom. The summed E-state index contributed by atoms with van der Waals surface area (Å²) >= 11 is 0. The van der Waals surface area contributed by atoms with Gasteiger partial charge in [-0.05, 0) is 57.7 Å². The molecule has 3 nitrogen and oxygen atoms in total. The smallest absolute Gasteiger partial charge is 0.0547 e. The van der Waals surface area contributed by atoms with Gasteiger partial charge in [0.2, 0.25) is 0 Å². The highest BCUT2D eigenvalue weighted by atomic mass is 15.2. The van der Waals surface area contributed by atoms with Gasteiger partial charge in [0.05, 0.1) is 5.69 Å². The molecule has 1 N–H and O–H groups in total. The number of nitrogens with one attached hydrogen (secondary N) is 1. The number of hydrogen-bond donors (Lipinski definition) is 1. The standard InChI is InChI=1S/C16H25N3/c1-12-4-3-5-15(18-12)10-19-11-16(14-6-7-14)17-9-8-13(19)2/h3-5,13-14,16-17H,6-11H2,1-2H3. The molecule has 2 fully saturated rings. The summed E-state index contributed by atoms with van der Waals surface area (Å²) in [6, 6.07) is 7.71. The van der Waals surface area contributed by atoms with E-state index in [1.54, 1.807) is 0 Å². The van der Waals surface area contributed by atoms with Crippen LogP contribution in [0.2, 0.25) is 0 Å². The minimum absolute atomic E-state index is 0.651. The van der Waals surface area contributed by atoms with E-state index in [0.717, 1.165) is 18.2 Å². The highest BCUT2D eigenvalue weighted by molar-refractivity contribution is 5.10. The fourth-order valence-corrected chi connectivity index (χ4v) is 3.09. The average molecular weight is 259 g/mol. The Morgan fingerprint density at radius 3 is 2.89 bits per heavy atom. The molecule has 19 heavy (non-hydrogen) atoms. The minimum atomic E-state index is 0.651. The van der Waals surface area contributed by atoms with Crippen molar-refractivity contribution in [3.8, 4) is 0 Å². The summed E-state index contributed by atoms with van der Waals surface area (Å²) in [4.78, 5) is 7.27. The van der Waals surface area contributed by atoms with Crippen molar-refractivity contribution in [2.75, 3.05) is 13.1 Å². The molecule has 2 unspecified atom stereocenters. The van der Waals surface area contributed by atoms with E-state index in [4.69, 9.17) is 0 Å². The van der Waals surface area contributed by atoms with Crippen molar-refractivity contribution in [1.29, 1.82) is 0 Å². The average Bonchev–Trinajstić information content (AvgIpc) is 3.19. The Morgan fingerprint density at radius 1 is 1.32 bits per heavy atom. The van der Waals surface area contributed by atoms with Crippen molar-refractivity contribution in [2.45, 2.75) is 51.7 Å². The van der Waals surface area contributed by atoms with Gasteiger partial charge >= 0.3 is 0 Å². The van der Waals surface area contributed by atoms with Crippen molar-refractivity contribution in [2.24, 2.45) is 5.92 Å². The molecule has 1 aliphatic carbocycles. The lowest BCUT2D eigenvalue weighted by molar-refractivity contribution is 0.188. The highest BCUT2D eigenvalue weighted by Gasteiger charge is 2.34. The first kappa shape index (κ1) is 13.1. The van der Waals surface area contributed by atoms with Crippen molar-refractivity contribution in [3.05, 3.63) is 29.6 Å². The molecule has 0 spiro atoms. The van der Waals surface area contributed by atoms with Crippen LogP contribution in [0.4, 0.5) is 0 Å². The van der Waals surface area contributed by atoms with Gasteiger partial charge in [-0.2, -0.15) is 0 Å². The molecule has 1 aromatic heterocycles. The SMILES string of the molecule is Cc1cccc(CN2CC(C3CC3)NCCC2C)n1. The van der Waals surface area contributed by atoms with Gasteiger partial charge in [0.15, 0.2) is 0 Å². The molecule has 0 aromatic carbocycles. The maximum atomic E-state index is 4.66. The van der Waals surface area contributed by atoms with Crippen LogP contribution in [0.5, 0.6) is 0 Å². The molecule has 2 aliphatic rings. The van der Waals surface area contributed by atoms with Crippen molar-refractivity contribution >= 4 is 0 Å². The summed E-state index contributed by atoms with van der Waals surface area (Å²) in [6.45, 7) is 7.77. The van der Waals surface area contributed by atoms with Gasteiger partial charge in [0.1, 0.15) is 0 Å². The lowest BCUT2D eigenvalue weighted by Crippen LogP contribution is -2.41. The summed E-state index contributed by atoms with van der Waals surface area (Å²) in [5.41, 5.74) is 2.33. The second-order valence-corrected chi connectivity index (χ2v) is 6.24. The molecular weight excluding hydrogens is 234 g/mol. The first-order valence-corrected chi connectivity index (χ1v) is 7.62. The Balaban J connectivity index is 1.69. The van der Waals surface area contributed by atoms with Crippen LogP contribution < -0.4 is 5.32 Å². The van der Waals surface area contributed by atoms with Crippen molar-refractivity contribution in [1.82, 2.24) is 15.2 Å². The highest BCUT2D eigenvalue weighted by Crippen LogP contribution is 2.34. The third-order valence-corrected chi connectivity index (χ3v) is 4.53. The lowest BCUT2D eigenvalue weighted by Gasteiger charge is -2.28. The number of nitrogens with zero attached hydrogens (tertiary/aromatic N) is 2. The van der Waals surface area contributed by atoms with Crippen molar-refractivity contribution in [3.63, 3.8) is 0 Å². The van der Waals surface area contributed by atoms with E-state index in [1.807, 2.05) is 0 Å². The van der Waals surface area contributed by atoms with E-state index in [9.17, 15) is 0 Å². The predicted octanol–water partition coefficient (Wildman–Crippen LogP) is 2.35. The van der Waals surface area contributed by atoms with Gasteiger partial charge in [0, 0.05) is 30.9 Å². The normalized spacial score (nSPS) is 29.2. The van der Waals surface area contributed by atoms with Crippen LogP contribution in [-0.2, 0) is 6.54 Å². The molecule has 1 saturated carbocycles. The first-order chi connectivity index (χ1) is 9.22. The van der Waals surface area contributed by atoms with Crippen LogP contribution >= 0.6 is 0 Å². The Hall–Kier alpha value is -0.930. The second-order valence-electron chi connectivity index (χ2n) is 6.24. The topological polar surface area (TPSA) is 28.2 Å². The zero-order valence-corrected chi connectivity index (χ0v) is 12.1. The summed E-state index contributed by atoms with van der Waals surface area (Å²) in [5, 5.41) is 3.74. The number of aromatic nitrogens is 1. The maximum Gasteiger partial charge on any atom is 0.0547 e. The number of pyridine rings is 1. The van der Waals surface area contributed by atoms with Gasteiger partial charge < -0.3 is 5.32 Å². The van der Waals surface area contributed by atoms with Crippen LogP contribution in [0.15, 0.2) is 18.2 Å². The van der Waals surface area contributed by atoms with Crippen LogP contribution in [0.25, 0.3) is 0 Å². The Bertz CT molecular complexity index is 428. The molecule has 3 rings (SSSR count). The number of hydrogen-bond acceptors (Lipinski definition) is 3. The van der Waals surface area contributed by atoms with Crippen molar-refractivity contribution < 1.29 is 0 Å². The molecule has 2 heterocycles. The molecule has 1 aliphatic heterocycles. The molecule has 0 amide bonds. The zero-order chi connectivity index (χ0) is 13.2. The molecule has 1 aromatic rings. The molecule has 2 atom stereocenters. The fraction of sp³-hybridized carbons (Fsp3) is 0.688. The van der Waals surface area contributed by atoms with Crippen LogP contribution in [0.1, 0.15) is 37.6 Å². The predicted molar refractivity (Wildman–Crippen MR) is 78.0 cm³/mol. The van der Waals surface area contributed by atoms with Crippen LogP contribution in [-0.4, -0.2) is 35.1 Å². The largest absolute Gasteiger partial charge is 0.312 e. The molecule has 0 bridgehead atoms. The second kappa shape index (κ2) is 5.59. The summed E-state index contributed by atoms with van der Waals surface area (Å²) in [5.74, 6) is 0.929. The lowest BCUT2D eigenvalue weighted by atomic mass is 10.1. The minimum Gasteiger partial charge on any atom is -0.312 e.